The van der Waals surface area contributed by atoms with E-state index in [9.17, 15) is 4.79 Å². The molecule has 106 valence electrons. The van der Waals surface area contributed by atoms with Gasteiger partial charge in [0.05, 0.1) is 0 Å². The van der Waals surface area contributed by atoms with Gasteiger partial charge < -0.3 is 10.6 Å². The molecule has 0 saturated carbocycles. The number of nitrogens with two attached hydrogens (primary N) is 1. The second-order valence-electron chi connectivity index (χ2n) is 6.22. The quantitative estimate of drug-likeness (QED) is 0.896. The number of hydrogen-bond donors (Lipinski definition) is 1. The molecule has 1 unspecified atom stereocenters. The number of aromatic nitrogens is 2. The minimum Gasteiger partial charge on any atom is -0.337 e. The number of nitrogens with zero attached hydrogens (tertiary/aromatic N) is 3. The Kier molecular flexibility index (Phi) is 3.67. The van der Waals surface area contributed by atoms with Crippen LogP contribution in [0.1, 0.15) is 49.3 Å². The smallest absolute Gasteiger partial charge is 0.274 e. The molecule has 1 aromatic heterocycles. The molecule has 5 nitrogen and oxygen atoms in total. The van der Waals surface area contributed by atoms with Crippen molar-refractivity contribution in [1.82, 2.24) is 14.7 Å². The SMILES string of the molecule is CC(C)c1cc(C(=O)N2CCC(C)(CN)C2)nn1C. The Bertz CT molecular complexity index is 480. The fraction of sp³-hybridized carbons (Fsp3) is 0.714. The number of amides is 1. The van der Waals surface area contributed by atoms with Gasteiger partial charge in [-0.05, 0) is 30.4 Å². The Labute approximate surface area is 114 Å². The molecule has 2 heterocycles. The molecule has 1 aliphatic heterocycles. The largest absolute Gasteiger partial charge is 0.337 e. The van der Waals surface area contributed by atoms with E-state index in [-0.39, 0.29) is 11.3 Å². The zero-order valence-electron chi connectivity index (χ0n) is 12.3. The van der Waals surface area contributed by atoms with Crippen LogP contribution in [0.5, 0.6) is 0 Å². The summed E-state index contributed by atoms with van der Waals surface area (Å²) < 4.78 is 1.80. The summed E-state index contributed by atoms with van der Waals surface area (Å²) in [7, 11) is 1.89. The normalized spacial score (nSPS) is 23.4. The predicted molar refractivity (Wildman–Crippen MR) is 75.0 cm³/mol. The summed E-state index contributed by atoms with van der Waals surface area (Å²) in [4.78, 5) is 14.3. The molecule has 2 rings (SSSR count). The van der Waals surface area contributed by atoms with Crippen LogP contribution in [-0.4, -0.2) is 40.2 Å². The molecule has 1 saturated heterocycles. The Morgan fingerprint density at radius 2 is 2.26 bits per heavy atom. The van der Waals surface area contributed by atoms with Crippen LogP contribution in [0, 0.1) is 5.41 Å². The minimum atomic E-state index is 0.0275. The molecule has 1 aliphatic rings. The lowest BCUT2D eigenvalue weighted by Crippen LogP contribution is -2.34. The molecular weight excluding hydrogens is 240 g/mol. The average molecular weight is 264 g/mol. The van der Waals surface area contributed by atoms with E-state index < -0.39 is 0 Å². The van der Waals surface area contributed by atoms with Crippen LogP contribution < -0.4 is 5.73 Å². The fourth-order valence-corrected chi connectivity index (χ4v) is 2.65. The van der Waals surface area contributed by atoms with E-state index in [1.54, 1.807) is 4.68 Å². The first kappa shape index (κ1) is 14.1. The second kappa shape index (κ2) is 4.96. The van der Waals surface area contributed by atoms with Crippen LogP contribution in [0.15, 0.2) is 6.07 Å². The van der Waals surface area contributed by atoms with Gasteiger partial charge in [0.15, 0.2) is 5.69 Å². The van der Waals surface area contributed by atoms with Crippen molar-refractivity contribution in [2.45, 2.75) is 33.1 Å². The summed E-state index contributed by atoms with van der Waals surface area (Å²) in [5.74, 6) is 0.395. The molecule has 0 aromatic carbocycles. The van der Waals surface area contributed by atoms with Crippen molar-refractivity contribution in [3.8, 4) is 0 Å². The number of hydrogen-bond acceptors (Lipinski definition) is 3. The number of carbonyl (C=O) groups excluding carboxylic acids is 1. The Hall–Kier alpha value is -1.36. The van der Waals surface area contributed by atoms with Crippen LogP contribution in [0.3, 0.4) is 0 Å². The van der Waals surface area contributed by atoms with E-state index >= 15 is 0 Å². The molecule has 0 bridgehead atoms. The van der Waals surface area contributed by atoms with Gasteiger partial charge in [0.2, 0.25) is 0 Å². The maximum atomic E-state index is 12.4. The summed E-state index contributed by atoms with van der Waals surface area (Å²) in [5.41, 5.74) is 7.48. The molecular formula is C14H24N4O. The zero-order valence-corrected chi connectivity index (χ0v) is 12.3. The van der Waals surface area contributed by atoms with Crippen molar-refractivity contribution in [2.75, 3.05) is 19.6 Å². The van der Waals surface area contributed by atoms with Crippen molar-refractivity contribution in [1.29, 1.82) is 0 Å². The average Bonchev–Trinajstić information content (AvgIpc) is 2.93. The lowest BCUT2D eigenvalue weighted by molar-refractivity contribution is 0.0770. The third kappa shape index (κ3) is 2.66. The van der Waals surface area contributed by atoms with Crippen LogP contribution in [0.25, 0.3) is 0 Å². The molecule has 0 radical (unpaired) electrons. The van der Waals surface area contributed by atoms with E-state index in [4.69, 9.17) is 5.73 Å². The first-order valence-electron chi connectivity index (χ1n) is 6.89. The molecule has 0 spiro atoms. The van der Waals surface area contributed by atoms with Gasteiger partial charge >= 0.3 is 0 Å². The van der Waals surface area contributed by atoms with Crippen molar-refractivity contribution >= 4 is 5.91 Å². The second-order valence-corrected chi connectivity index (χ2v) is 6.22. The first-order valence-corrected chi connectivity index (χ1v) is 6.89. The van der Waals surface area contributed by atoms with Gasteiger partial charge in [-0.1, -0.05) is 20.8 Å². The van der Waals surface area contributed by atoms with Gasteiger partial charge in [-0.15, -0.1) is 0 Å². The number of rotatable bonds is 3. The van der Waals surface area contributed by atoms with E-state index in [2.05, 4.69) is 25.9 Å². The van der Waals surface area contributed by atoms with Crippen LogP contribution in [-0.2, 0) is 7.05 Å². The Morgan fingerprint density at radius 3 is 2.74 bits per heavy atom. The van der Waals surface area contributed by atoms with Gasteiger partial charge in [-0.25, -0.2) is 0 Å². The van der Waals surface area contributed by atoms with Gasteiger partial charge in [0, 0.05) is 25.8 Å². The lowest BCUT2D eigenvalue weighted by Gasteiger charge is -2.22. The highest BCUT2D eigenvalue weighted by molar-refractivity contribution is 5.92. The van der Waals surface area contributed by atoms with E-state index in [1.165, 1.54) is 0 Å². The van der Waals surface area contributed by atoms with E-state index in [0.717, 1.165) is 25.2 Å². The standard InChI is InChI=1S/C14H24N4O/c1-10(2)12-7-11(16-17(12)4)13(19)18-6-5-14(3,8-15)9-18/h7,10H,5-6,8-9,15H2,1-4H3. The number of carbonyl (C=O) groups is 1. The molecule has 19 heavy (non-hydrogen) atoms. The van der Waals surface area contributed by atoms with Crippen LogP contribution in [0.4, 0.5) is 0 Å². The molecule has 2 N–H and O–H groups in total. The monoisotopic (exact) mass is 264 g/mol. The summed E-state index contributed by atoms with van der Waals surface area (Å²) in [6.45, 7) is 8.48. The highest BCUT2D eigenvalue weighted by Gasteiger charge is 2.36. The van der Waals surface area contributed by atoms with Gasteiger partial charge in [-0.3, -0.25) is 9.48 Å². The molecule has 1 aromatic rings. The number of likely N-dealkylation sites (tertiary alicyclic amines) is 1. The Balaban J connectivity index is 2.15. The third-order valence-corrected chi connectivity index (χ3v) is 4.06. The number of aryl methyl sites for hydroxylation is 1. The Morgan fingerprint density at radius 1 is 1.58 bits per heavy atom. The molecule has 5 heteroatoms. The molecule has 1 fully saturated rings. The van der Waals surface area contributed by atoms with E-state index in [0.29, 0.717) is 18.2 Å². The van der Waals surface area contributed by atoms with Crippen LogP contribution >= 0.6 is 0 Å². The third-order valence-electron chi connectivity index (χ3n) is 4.06. The maximum Gasteiger partial charge on any atom is 0.274 e. The van der Waals surface area contributed by atoms with Crippen molar-refractivity contribution < 1.29 is 4.79 Å². The van der Waals surface area contributed by atoms with Gasteiger partial charge in [-0.2, -0.15) is 5.10 Å². The summed E-state index contributed by atoms with van der Waals surface area (Å²) in [6.07, 6.45) is 0.971. The molecule has 1 atom stereocenters. The highest BCUT2D eigenvalue weighted by Crippen LogP contribution is 2.29. The van der Waals surface area contributed by atoms with Crippen molar-refractivity contribution in [3.63, 3.8) is 0 Å². The predicted octanol–water partition coefficient (Wildman–Crippen LogP) is 1.35. The van der Waals surface area contributed by atoms with Gasteiger partial charge in [0.25, 0.3) is 5.91 Å². The topological polar surface area (TPSA) is 64.2 Å². The zero-order chi connectivity index (χ0) is 14.2. The summed E-state index contributed by atoms with van der Waals surface area (Å²) >= 11 is 0. The molecule has 1 amide bonds. The van der Waals surface area contributed by atoms with Crippen LogP contribution in [0.2, 0.25) is 0 Å². The summed E-state index contributed by atoms with van der Waals surface area (Å²) in [6, 6.07) is 1.91. The lowest BCUT2D eigenvalue weighted by atomic mass is 9.90. The first-order chi connectivity index (χ1) is 8.86. The fourth-order valence-electron chi connectivity index (χ4n) is 2.65. The van der Waals surface area contributed by atoms with Crippen molar-refractivity contribution in [2.24, 2.45) is 18.2 Å². The van der Waals surface area contributed by atoms with E-state index in [1.807, 2.05) is 18.0 Å². The molecule has 0 aliphatic carbocycles. The summed E-state index contributed by atoms with van der Waals surface area (Å²) in [5, 5.41) is 4.34. The van der Waals surface area contributed by atoms with Crippen molar-refractivity contribution in [3.05, 3.63) is 17.5 Å². The van der Waals surface area contributed by atoms with Gasteiger partial charge in [0.1, 0.15) is 0 Å². The maximum absolute atomic E-state index is 12.4. The minimum absolute atomic E-state index is 0.0275. The highest BCUT2D eigenvalue weighted by atomic mass is 16.2.